The normalized spacial score (nSPS) is 12.3. The van der Waals surface area contributed by atoms with Crippen molar-refractivity contribution in [3.05, 3.63) is 36.5 Å². The van der Waals surface area contributed by atoms with E-state index in [9.17, 15) is 4.79 Å². The molecular weight excluding hydrogens is 216 g/mol. The van der Waals surface area contributed by atoms with Crippen LogP contribution < -0.4 is 5.32 Å². The number of rotatable bonds is 4. The summed E-state index contributed by atoms with van der Waals surface area (Å²) in [6, 6.07) is 9.07. The first-order chi connectivity index (χ1) is 8.22. The van der Waals surface area contributed by atoms with Crippen molar-refractivity contribution in [2.75, 3.05) is 5.32 Å². The van der Waals surface area contributed by atoms with Crippen molar-refractivity contribution in [3.63, 3.8) is 0 Å². The standard InChI is InChI=1S/C13H14N2O2/c1-2-11(13(16)17)15-12-10-6-4-3-5-9(10)7-8-14-12/h3-8,11H,2H2,1H3,(H,14,15)(H,16,17). The average Bonchev–Trinajstić information content (AvgIpc) is 2.35. The van der Waals surface area contributed by atoms with Crippen molar-refractivity contribution < 1.29 is 9.90 Å². The zero-order valence-electron chi connectivity index (χ0n) is 9.55. The Hall–Kier alpha value is -2.10. The van der Waals surface area contributed by atoms with Crippen LogP contribution in [0.5, 0.6) is 0 Å². The molecule has 0 aliphatic rings. The molecule has 4 heteroatoms. The van der Waals surface area contributed by atoms with E-state index in [2.05, 4.69) is 10.3 Å². The highest BCUT2D eigenvalue weighted by atomic mass is 16.4. The zero-order valence-corrected chi connectivity index (χ0v) is 9.55. The number of carbonyl (C=O) groups is 1. The van der Waals surface area contributed by atoms with Crippen molar-refractivity contribution in [3.8, 4) is 0 Å². The van der Waals surface area contributed by atoms with Gasteiger partial charge >= 0.3 is 5.97 Å². The zero-order chi connectivity index (χ0) is 12.3. The molecule has 0 saturated carbocycles. The van der Waals surface area contributed by atoms with Gasteiger partial charge in [-0.3, -0.25) is 0 Å². The summed E-state index contributed by atoms with van der Waals surface area (Å²) in [5.74, 6) is -0.236. The summed E-state index contributed by atoms with van der Waals surface area (Å²) < 4.78 is 0. The molecule has 2 aromatic rings. The predicted molar refractivity (Wildman–Crippen MR) is 67.1 cm³/mol. The minimum atomic E-state index is -0.859. The molecule has 0 radical (unpaired) electrons. The van der Waals surface area contributed by atoms with Crippen LogP contribution in [-0.2, 0) is 4.79 Å². The highest BCUT2D eigenvalue weighted by Gasteiger charge is 2.15. The lowest BCUT2D eigenvalue weighted by Crippen LogP contribution is -2.28. The number of aromatic nitrogens is 1. The number of benzene rings is 1. The maximum atomic E-state index is 11.0. The van der Waals surface area contributed by atoms with Crippen molar-refractivity contribution >= 4 is 22.6 Å². The molecular formula is C13H14N2O2. The van der Waals surface area contributed by atoms with E-state index in [1.807, 2.05) is 37.3 Å². The third-order valence-corrected chi connectivity index (χ3v) is 2.69. The fourth-order valence-electron chi connectivity index (χ4n) is 1.74. The van der Waals surface area contributed by atoms with Crippen LogP contribution >= 0.6 is 0 Å². The first-order valence-corrected chi connectivity index (χ1v) is 5.55. The number of fused-ring (bicyclic) bond motifs is 1. The Morgan fingerprint density at radius 2 is 2.18 bits per heavy atom. The van der Waals surface area contributed by atoms with Gasteiger partial charge in [-0.05, 0) is 17.9 Å². The molecule has 0 amide bonds. The number of pyridine rings is 1. The van der Waals surface area contributed by atoms with Crippen LogP contribution in [0.4, 0.5) is 5.82 Å². The van der Waals surface area contributed by atoms with Crippen LogP contribution in [0.1, 0.15) is 13.3 Å². The third-order valence-electron chi connectivity index (χ3n) is 2.69. The van der Waals surface area contributed by atoms with Crippen LogP contribution in [-0.4, -0.2) is 22.1 Å². The van der Waals surface area contributed by atoms with E-state index in [4.69, 9.17) is 5.11 Å². The van der Waals surface area contributed by atoms with E-state index in [1.165, 1.54) is 0 Å². The van der Waals surface area contributed by atoms with Crippen LogP contribution in [0.25, 0.3) is 10.8 Å². The van der Waals surface area contributed by atoms with Crippen LogP contribution in [0.2, 0.25) is 0 Å². The van der Waals surface area contributed by atoms with E-state index in [0.717, 1.165) is 10.8 Å². The quantitative estimate of drug-likeness (QED) is 0.847. The van der Waals surface area contributed by atoms with E-state index in [-0.39, 0.29) is 0 Å². The van der Waals surface area contributed by atoms with E-state index < -0.39 is 12.0 Å². The van der Waals surface area contributed by atoms with Gasteiger partial charge in [-0.15, -0.1) is 0 Å². The van der Waals surface area contributed by atoms with Crippen molar-refractivity contribution in [1.29, 1.82) is 0 Å². The molecule has 1 atom stereocenters. The molecule has 1 aromatic heterocycles. The number of nitrogens with one attached hydrogen (secondary N) is 1. The fraction of sp³-hybridized carbons (Fsp3) is 0.231. The number of hydrogen-bond donors (Lipinski definition) is 2. The van der Waals surface area contributed by atoms with Gasteiger partial charge in [-0.25, -0.2) is 9.78 Å². The highest BCUT2D eigenvalue weighted by Crippen LogP contribution is 2.21. The minimum Gasteiger partial charge on any atom is -0.480 e. The molecule has 1 heterocycles. The first-order valence-electron chi connectivity index (χ1n) is 5.55. The molecule has 0 aliphatic heterocycles. The van der Waals surface area contributed by atoms with Crippen LogP contribution in [0.15, 0.2) is 36.5 Å². The van der Waals surface area contributed by atoms with E-state index in [0.29, 0.717) is 12.2 Å². The summed E-state index contributed by atoms with van der Waals surface area (Å²) in [5, 5.41) is 14.0. The summed E-state index contributed by atoms with van der Waals surface area (Å²) in [7, 11) is 0. The molecule has 17 heavy (non-hydrogen) atoms. The van der Waals surface area contributed by atoms with Gasteiger partial charge in [-0.1, -0.05) is 31.2 Å². The first kappa shape index (κ1) is 11.4. The number of anilines is 1. The number of hydrogen-bond acceptors (Lipinski definition) is 3. The number of nitrogens with zero attached hydrogens (tertiary/aromatic N) is 1. The summed E-state index contributed by atoms with van der Waals surface area (Å²) in [6.07, 6.45) is 2.19. The summed E-state index contributed by atoms with van der Waals surface area (Å²) in [4.78, 5) is 15.2. The van der Waals surface area contributed by atoms with Crippen molar-refractivity contribution in [2.24, 2.45) is 0 Å². The van der Waals surface area contributed by atoms with Gasteiger partial charge in [0.25, 0.3) is 0 Å². The van der Waals surface area contributed by atoms with Gasteiger partial charge in [0.1, 0.15) is 11.9 Å². The predicted octanol–water partition coefficient (Wildman–Crippen LogP) is 2.51. The Labute approximate surface area is 99.3 Å². The van der Waals surface area contributed by atoms with Crippen molar-refractivity contribution in [1.82, 2.24) is 4.98 Å². The van der Waals surface area contributed by atoms with Crippen molar-refractivity contribution in [2.45, 2.75) is 19.4 Å². The lowest BCUT2D eigenvalue weighted by molar-refractivity contribution is -0.137. The Kier molecular flexibility index (Phi) is 3.23. The monoisotopic (exact) mass is 230 g/mol. The second-order valence-electron chi connectivity index (χ2n) is 3.82. The fourth-order valence-corrected chi connectivity index (χ4v) is 1.74. The number of carboxylic acids is 1. The number of carboxylic acid groups (broad SMARTS) is 1. The second kappa shape index (κ2) is 4.82. The molecule has 1 unspecified atom stereocenters. The van der Waals surface area contributed by atoms with Crippen LogP contribution in [0, 0.1) is 0 Å². The topological polar surface area (TPSA) is 62.2 Å². The molecule has 2 rings (SSSR count). The molecule has 4 nitrogen and oxygen atoms in total. The van der Waals surface area contributed by atoms with Gasteiger partial charge in [0.2, 0.25) is 0 Å². The Bertz CT molecular complexity index is 534. The Morgan fingerprint density at radius 3 is 2.88 bits per heavy atom. The summed E-state index contributed by atoms with van der Waals surface area (Å²) in [5.41, 5.74) is 0. The molecule has 0 spiro atoms. The summed E-state index contributed by atoms with van der Waals surface area (Å²) >= 11 is 0. The molecule has 1 aromatic carbocycles. The molecule has 0 saturated heterocycles. The highest BCUT2D eigenvalue weighted by molar-refractivity contribution is 5.93. The summed E-state index contributed by atoms with van der Waals surface area (Å²) in [6.45, 7) is 1.83. The molecule has 0 aliphatic carbocycles. The van der Waals surface area contributed by atoms with Crippen LogP contribution in [0.3, 0.4) is 0 Å². The SMILES string of the molecule is CCC(Nc1nccc2ccccc12)C(=O)O. The third kappa shape index (κ3) is 2.36. The van der Waals surface area contributed by atoms with Gasteiger partial charge in [0.15, 0.2) is 0 Å². The van der Waals surface area contributed by atoms with E-state index >= 15 is 0 Å². The van der Waals surface area contributed by atoms with Gasteiger partial charge in [0.05, 0.1) is 0 Å². The number of aliphatic carboxylic acids is 1. The Balaban J connectivity index is 2.38. The maximum Gasteiger partial charge on any atom is 0.326 e. The largest absolute Gasteiger partial charge is 0.480 e. The molecule has 0 fully saturated rings. The molecule has 0 bridgehead atoms. The molecule has 88 valence electrons. The minimum absolute atomic E-state index is 0.514. The van der Waals surface area contributed by atoms with Gasteiger partial charge < -0.3 is 10.4 Å². The lowest BCUT2D eigenvalue weighted by atomic mass is 10.1. The molecule has 2 N–H and O–H groups in total. The van der Waals surface area contributed by atoms with Gasteiger partial charge in [0, 0.05) is 11.6 Å². The lowest BCUT2D eigenvalue weighted by Gasteiger charge is -2.14. The van der Waals surface area contributed by atoms with E-state index in [1.54, 1.807) is 6.20 Å². The smallest absolute Gasteiger partial charge is 0.326 e. The second-order valence-corrected chi connectivity index (χ2v) is 3.82. The van der Waals surface area contributed by atoms with Gasteiger partial charge in [-0.2, -0.15) is 0 Å². The maximum absolute atomic E-state index is 11.0. The Morgan fingerprint density at radius 1 is 1.41 bits per heavy atom. The average molecular weight is 230 g/mol.